The molecule has 0 aromatic heterocycles. The van der Waals surface area contributed by atoms with Crippen molar-refractivity contribution in [1.82, 2.24) is 9.80 Å². The van der Waals surface area contributed by atoms with E-state index >= 15 is 0 Å². The van der Waals surface area contributed by atoms with Gasteiger partial charge in [-0.05, 0) is 31.4 Å². The zero-order chi connectivity index (χ0) is 18.2. The number of hydrogen-bond donors (Lipinski definition) is 1. The van der Waals surface area contributed by atoms with Crippen LogP contribution in [0.25, 0.3) is 0 Å². The van der Waals surface area contributed by atoms with Gasteiger partial charge in [0.1, 0.15) is 6.10 Å². The Hall–Kier alpha value is -1.47. The first kappa shape index (κ1) is 19.3. The van der Waals surface area contributed by atoms with E-state index in [-0.39, 0.29) is 18.1 Å². The molecule has 2 N–H and O–H groups in total. The van der Waals surface area contributed by atoms with E-state index in [1.165, 1.54) is 5.56 Å². The number of carbonyl (C=O) groups excluding carboxylic acids is 1. The van der Waals surface area contributed by atoms with Crippen LogP contribution in [0.2, 0.25) is 0 Å². The molecule has 0 aliphatic carbocycles. The SMILES string of the molecule is NCCCOC1CCN(C(=O)C2CN(Cc3ccccc3)CCO2)CC1. The van der Waals surface area contributed by atoms with E-state index in [0.29, 0.717) is 19.7 Å². The van der Waals surface area contributed by atoms with Crippen LogP contribution >= 0.6 is 0 Å². The van der Waals surface area contributed by atoms with Gasteiger partial charge in [0, 0.05) is 39.3 Å². The highest BCUT2D eigenvalue weighted by atomic mass is 16.5. The minimum atomic E-state index is -0.345. The Morgan fingerprint density at radius 3 is 2.69 bits per heavy atom. The van der Waals surface area contributed by atoms with E-state index in [9.17, 15) is 4.79 Å². The summed E-state index contributed by atoms with van der Waals surface area (Å²) >= 11 is 0. The van der Waals surface area contributed by atoms with Crippen LogP contribution < -0.4 is 5.73 Å². The second kappa shape index (κ2) is 10.0. The molecular formula is C20H31N3O3. The van der Waals surface area contributed by atoms with Crippen LogP contribution in [-0.4, -0.2) is 73.9 Å². The van der Waals surface area contributed by atoms with Gasteiger partial charge in [-0.15, -0.1) is 0 Å². The Morgan fingerprint density at radius 2 is 1.96 bits per heavy atom. The minimum Gasteiger partial charge on any atom is -0.378 e. The maximum Gasteiger partial charge on any atom is 0.253 e. The van der Waals surface area contributed by atoms with Crippen molar-refractivity contribution in [3.63, 3.8) is 0 Å². The highest BCUT2D eigenvalue weighted by Crippen LogP contribution is 2.18. The molecule has 2 saturated heterocycles. The second-order valence-electron chi connectivity index (χ2n) is 7.12. The molecule has 6 nitrogen and oxygen atoms in total. The summed E-state index contributed by atoms with van der Waals surface area (Å²) in [6.45, 7) is 5.91. The predicted octanol–water partition coefficient (Wildman–Crippen LogP) is 1.24. The maximum absolute atomic E-state index is 12.8. The lowest BCUT2D eigenvalue weighted by atomic mass is 10.1. The summed E-state index contributed by atoms with van der Waals surface area (Å²) in [5.74, 6) is 0.128. The van der Waals surface area contributed by atoms with Gasteiger partial charge in [-0.1, -0.05) is 30.3 Å². The molecule has 6 heteroatoms. The average molecular weight is 361 g/mol. The fourth-order valence-corrected chi connectivity index (χ4v) is 3.62. The number of nitrogens with zero attached hydrogens (tertiary/aromatic N) is 2. The van der Waals surface area contributed by atoms with Gasteiger partial charge in [-0.2, -0.15) is 0 Å². The van der Waals surface area contributed by atoms with E-state index in [1.54, 1.807) is 0 Å². The van der Waals surface area contributed by atoms with Gasteiger partial charge in [0.25, 0.3) is 5.91 Å². The molecule has 1 unspecified atom stereocenters. The lowest BCUT2D eigenvalue weighted by Crippen LogP contribution is -2.52. The number of morpholine rings is 1. The summed E-state index contributed by atoms with van der Waals surface area (Å²) < 4.78 is 11.6. The van der Waals surface area contributed by atoms with E-state index in [1.807, 2.05) is 11.0 Å². The average Bonchev–Trinajstić information content (AvgIpc) is 2.69. The lowest BCUT2D eigenvalue weighted by Gasteiger charge is -2.37. The van der Waals surface area contributed by atoms with Crippen LogP contribution in [0.5, 0.6) is 0 Å². The summed E-state index contributed by atoms with van der Waals surface area (Å²) in [6, 6.07) is 10.4. The first-order valence-electron chi connectivity index (χ1n) is 9.74. The summed E-state index contributed by atoms with van der Waals surface area (Å²) in [5.41, 5.74) is 6.77. The normalized spacial score (nSPS) is 22.5. The number of carbonyl (C=O) groups is 1. The van der Waals surface area contributed by atoms with Crippen molar-refractivity contribution in [3.05, 3.63) is 35.9 Å². The van der Waals surface area contributed by atoms with E-state index in [4.69, 9.17) is 15.2 Å². The number of rotatable bonds is 7. The van der Waals surface area contributed by atoms with Crippen molar-refractivity contribution in [3.8, 4) is 0 Å². The molecule has 2 aliphatic heterocycles. The predicted molar refractivity (Wildman–Crippen MR) is 101 cm³/mol. The quantitative estimate of drug-likeness (QED) is 0.740. The molecule has 1 atom stereocenters. The molecule has 0 bridgehead atoms. The van der Waals surface area contributed by atoms with Crippen LogP contribution in [0.15, 0.2) is 30.3 Å². The third-order valence-electron chi connectivity index (χ3n) is 5.13. The van der Waals surface area contributed by atoms with Crippen molar-refractivity contribution in [2.75, 3.05) is 45.9 Å². The van der Waals surface area contributed by atoms with Crippen molar-refractivity contribution >= 4 is 5.91 Å². The van der Waals surface area contributed by atoms with E-state index < -0.39 is 0 Å². The number of likely N-dealkylation sites (tertiary alicyclic amines) is 1. The number of hydrogen-bond acceptors (Lipinski definition) is 5. The number of benzene rings is 1. The molecule has 0 radical (unpaired) electrons. The van der Waals surface area contributed by atoms with Crippen LogP contribution in [0.3, 0.4) is 0 Å². The van der Waals surface area contributed by atoms with Crippen molar-refractivity contribution in [2.24, 2.45) is 5.73 Å². The van der Waals surface area contributed by atoms with Gasteiger partial charge < -0.3 is 20.1 Å². The zero-order valence-electron chi connectivity index (χ0n) is 15.5. The van der Waals surface area contributed by atoms with E-state index in [2.05, 4.69) is 29.2 Å². The smallest absolute Gasteiger partial charge is 0.253 e. The lowest BCUT2D eigenvalue weighted by molar-refractivity contribution is -0.152. The molecule has 2 fully saturated rings. The fraction of sp³-hybridized carbons (Fsp3) is 0.650. The van der Waals surface area contributed by atoms with Gasteiger partial charge in [-0.3, -0.25) is 9.69 Å². The highest BCUT2D eigenvalue weighted by Gasteiger charge is 2.32. The number of nitrogens with two attached hydrogens (primary N) is 1. The van der Waals surface area contributed by atoms with Crippen LogP contribution in [0.1, 0.15) is 24.8 Å². The monoisotopic (exact) mass is 361 g/mol. The molecule has 144 valence electrons. The standard InChI is InChI=1S/C20H31N3O3/c21-9-4-13-25-18-7-10-23(11-8-18)20(24)19-16-22(12-14-26-19)15-17-5-2-1-3-6-17/h1-3,5-6,18-19H,4,7-16,21H2. The van der Waals surface area contributed by atoms with Crippen LogP contribution in [-0.2, 0) is 20.8 Å². The largest absolute Gasteiger partial charge is 0.378 e. The summed E-state index contributed by atoms with van der Waals surface area (Å²) in [4.78, 5) is 17.1. The van der Waals surface area contributed by atoms with Crippen LogP contribution in [0, 0.1) is 0 Å². The maximum atomic E-state index is 12.8. The first-order chi connectivity index (χ1) is 12.8. The second-order valence-corrected chi connectivity index (χ2v) is 7.12. The summed E-state index contributed by atoms with van der Waals surface area (Å²) in [6.07, 6.45) is 2.61. The number of piperidine rings is 1. The topological polar surface area (TPSA) is 68.0 Å². The van der Waals surface area contributed by atoms with E-state index in [0.717, 1.165) is 52.0 Å². The third-order valence-corrected chi connectivity index (χ3v) is 5.13. The molecule has 2 heterocycles. The Morgan fingerprint density at radius 1 is 1.19 bits per heavy atom. The third kappa shape index (κ3) is 5.51. The number of amides is 1. The van der Waals surface area contributed by atoms with Crippen molar-refractivity contribution in [2.45, 2.75) is 38.0 Å². The molecule has 1 aromatic rings. The van der Waals surface area contributed by atoms with Crippen LogP contribution in [0.4, 0.5) is 0 Å². The number of ether oxygens (including phenoxy) is 2. The molecular weight excluding hydrogens is 330 g/mol. The Labute approximate surface area is 156 Å². The minimum absolute atomic E-state index is 0.128. The molecule has 2 aliphatic rings. The molecule has 26 heavy (non-hydrogen) atoms. The Balaban J connectivity index is 1.44. The van der Waals surface area contributed by atoms with Gasteiger partial charge in [-0.25, -0.2) is 0 Å². The molecule has 0 saturated carbocycles. The Kier molecular flexibility index (Phi) is 7.43. The van der Waals surface area contributed by atoms with Crippen molar-refractivity contribution in [1.29, 1.82) is 0 Å². The van der Waals surface area contributed by atoms with Crippen molar-refractivity contribution < 1.29 is 14.3 Å². The molecule has 1 amide bonds. The Bertz CT molecular complexity index is 546. The zero-order valence-corrected chi connectivity index (χ0v) is 15.5. The first-order valence-corrected chi connectivity index (χ1v) is 9.74. The molecule has 3 rings (SSSR count). The fourth-order valence-electron chi connectivity index (χ4n) is 3.62. The van der Waals surface area contributed by atoms with Gasteiger partial charge in [0.2, 0.25) is 0 Å². The highest BCUT2D eigenvalue weighted by molar-refractivity contribution is 5.81. The molecule has 1 aromatic carbocycles. The van der Waals surface area contributed by atoms with Gasteiger partial charge in [0.05, 0.1) is 12.7 Å². The van der Waals surface area contributed by atoms with Gasteiger partial charge in [0.15, 0.2) is 0 Å². The van der Waals surface area contributed by atoms with Gasteiger partial charge >= 0.3 is 0 Å². The summed E-state index contributed by atoms with van der Waals surface area (Å²) in [5, 5.41) is 0. The summed E-state index contributed by atoms with van der Waals surface area (Å²) in [7, 11) is 0. The molecule has 0 spiro atoms.